The Morgan fingerprint density at radius 3 is 2.67 bits per heavy atom. The van der Waals surface area contributed by atoms with Crippen LogP contribution in [-0.4, -0.2) is 9.78 Å². The standard InChI is InChI=1S/C13H16BrN3O/c1-8(2)10-6-9(14)4-5-12(10)18-13-11(15)7-17(3)16-13/h4-8H,15H2,1-3H3. The zero-order valence-electron chi connectivity index (χ0n) is 10.6. The van der Waals surface area contributed by atoms with Crippen LogP contribution in [0.1, 0.15) is 25.3 Å². The summed E-state index contributed by atoms with van der Waals surface area (Å²) in [4.78, 5) is 0. The fraction of sp³-hybridized carbons (Fsp3) is 0.308. The number of aryl methyl sites for hydroxylation is 1. The molecule has 0 saturated heterocycles. The van der Waals surface area contributed by atoms with Gasteiger partial charge in [-0.1, -0.05) is 29.8 Å². The molecule has 0 bridgehead atoms. The van der Waals surface area contributed by atoms with Gasteiger partial charge in [-0.15, -0.1) is 5.10 Å². The van der Waals surface area contributed by atoms with Crippen LogP contribution in [-0.2, 0) is 7.05 Å². The van der Waals surface area contributed by atoms with E-state index in [0.717, 1.165) is 15.8 Å². The summed E-state index contributed by atoms with van der Waals surface area (Å²) in [6.45, 7) is 4.24. The second-order valence-corrected chi connectivity index (χ2v) is 5.42. The number of nitrogens with zero attached hydrogens (tertiary/aromatic N) is 2. The van der Waals surface area contributed by atoms with Crippen LogP contribution < -0.4 is 10.5 Å². The quantitative estimate of drug-likeness (QED) is 0.941. The molecule has 0 unspecified atom stereocenters. The molecule has 5 heteroatoms. The van der Waals surface area contributed by atoms with E-state index >= 15 is 0 Å². The maximum atomic E-state index is 5.83. The average Bonchev–Trinajstić information content (AvgIpc) is 2.60. The lowest BCUT2D eigenvalue weighted by molar-refractivity contribution is 0.448. The zero-order chi connectivity index (χ0) is 13.3. The molecular formula is C13H16BrN3O. The SMILES string of the molecule is CC(C)c1cc(Br)ccc1Oc1nn(C)cc1N. The molecule has 18 heavy (non-hydrogen) atoms. The van der Waals surface area contributed by atoms with Crippen molar-refractivity contribution in [2.24, 2.45) is 7.05 Å². The molecule has 0 saturated carbocycles. The molecule has 0 amide bonds. The lowest BCUT2D eigenvalue weighted by Crippen LogP contribution is -1.96. The molecule has 1 aromatic heterocycles. The van der Waals surface area contributed by atoms with Gasteiger partial charge in [0.05, 0.1) is 6.20 Å². The number of nitrogen functional groups attached to an aromatic ring is 1. The Morgan fingerprint density at radius 2 is 2.11 bits per heavy atom. The van der Waals surface area contributed by atoms with Gasteiger partial charge < -0.3 is 10.5 Å². The lowest BCUT2D eigenvalue weighted by Gasteiger charge is -2.13. The number of anilines is 1. The normalized spacial score (nSPS) is 10.9. The summed E-state index contributed by atoms with van der Waals surface area (Å²) in [6, 6.07) is 5.92. The molecule has 2 aromatic rings. The van der Waals surface area contributed by atoms with E-state index in [2.05, 4.69) is 40.9 Å². The highest BCUT2D eigenvalue weighted by molar-refractivity contribution is 9.10. The van der Waals surface area contributed by atoms with Crippen molar-refractivity contribution in [2.75, 3.05) is 5.73 Å². The van der Waals surface area contributed by atoms with Gasteiger partial charge in [-0.05, 0) is 29.7 Å². The minimum atomic E-state index is 0.363. The summed E-state index contributed by atoms with van der Waals surface area (Å²) < 4.78 is 8.47. The largest absolute Gasteiger partial charge is 0.436 e. The minimum absolute atomic E-state index is 0.363. The highest BCUT2D eigenvalue weighted by atomic mass is 79.9. The van der Waals surface area contributed by atoms with Crippen molar-refractivity contribution in [3.63, 3.8) is 0 Å². The number of aromatic nitrogens is 2. The molecular weight excluding hydrogens is 294 g/mol. The number of nitrogens with two attached hydrogens (primary N) is 1. The molecule has 0 spiro atoms. The highest BCUT2D eigenvalue weighted by Gasteiger charge is 2.12. The first kappa shape index (κ1) is 13.0. The molecule has 1 heterocycles. The molecule has 0 atom stereocenters. The number of benzene rings is 1. The van der Waals surface area contributed by atoms with Gasteiger partial charge in [0.1, 0.15) is 11.4 Å². The summed E-state index contributed by atoms with van der Waals surface area (Å²) in [5.74, 6) is 1.60. The summed E-state index contributed by atoms with van der Waals surface area (Å²) in [7, 11) is 1.81. The van der Waals surface area contributed by atoms with E-state index in [4.69, 9.17) is 10.5 Å². The fourth-order valence-electron chi connectivity index (χ4n) is 1.73. The first-order valence-corrected chi connectivity index (χ1v) is 6.53. The number of ether oxygens (including phenoxy) is 1. The van der Waals surface area contributed by atoms with Crippen LogP contribution in [0.15, 0.2) is 28.9 Å². The Balaban J connectivity index is 2.37. The zero-order valence-corrected chi connectivity index (χ0v) is 12.2. The van der Waals surface area contributed by atoms with Crippen molar-refractivity contribution in [3.05, 3.63) is 34.4 Å². The van der Waals surface area contributed by atoms with Crippen LogP contribution in [0.3, 0.4) is 0 Å². The van der Waals surface area contributed by atoms with Crippen molar-refractivity contribution in [2.45, 2.75) is 19.8 Å². The van der Waals surface area contributed by atoms with E-state index in [9.17, 15) is 0 Å². The van der Waals surface area contributed by atoms with E-state index in [1.807, 2.05) is 19.2 Å². The predicted molar refractivity (Wildman–Crippen MR) is 75.9 cm³/mol. The van der Waals surface area contributed by atoms with Crippen molar-refractivity contribution in [3.8, 4) is 11.6 Å². The second-order valence-electron chi connectivity index (χ2n) is 4.50. The van der Waals surface area contributed by atoms with E-state index in [0.29, 0.717) is 17.5 Å². The van der Waals surface area contributed by atoms with E-state index < -0.39 is 0 Å². The molecule has 2 N–H and O–H groups in total. The van der Waals surface area contributed by atoms with Crippen LogP contribution in [0.2, 0.25) is 0 Å². The van der Waals surface area contributed by atoms with Crippen LogP contribution in [0.4, 0.5) is 5.69 Å². The third-order valence-electron chi connectivity index (χ3n) is 2.62. The van der Waals surface area contributed by atoms with Crippen molar-refractivity contribution in [1.29, 1.82) is 0 Å². The van der Waals surface area contributed by atoms with Gasteiger partial charge in [0.15, 0.2) is 0 Å². The van der Waals surface area contributed by atoms with Crippen LogP contribution in [0.25, 0.3) is 0 Å². The van der Waals surface area contributed by atoms with Crippen LogP contribution in [0.5, 0.6) is 11.6 Å². The van der Waals surface area contributed by atoms with Gasteiger partial charge in [0.25, 0.3) is 5.88 Å². The summed E-state index contributed by atoms with van der Waals surface area (Å²) in [5, 5.41) is 4.19. The predicted octanol–water partition coefficient (Wildman–Crippen LogP) is 3.68. The maximum absolute atomic E-state index is 5.83. The summed E-state index contributed by atoms with van der Waals surface area (Å²) in [6.07, 6.45) is 1.73. The highest BCUT2D eigenvalue weighted by Crippen LogP contribution is 2.33. The fourth-order valence-corrected chi connectivity index (χ4v) is 2.11. The molecule has 0 aliphatic carbocycles. The molecule has 0 aliphatic rings. The topological polar surface area (TPSA) is 53.1 Å². The van der Waals surface area contributed by atoms with Gasteiger partial charge in [0, 0.05) is 11.5 Å². The molecule has 0 fully saturated rings. The first-order chi connectivity index (χ1) is 8.47. The first-order valence-electron chi connectivity index (χ1n) is 5.74. The Hall–Kier alpha value is -1.49. The van der Waals surface area contributed by atoms with E-state index in [1.54, 1.807) is 10.9 Å². The number of halogens is 1. The van der Waals surface area contributed by atoms with Crippen LogP contribution in [0, 0.1) is 0 Å². The van der Waals surface area contributed by atoms with Crippen molar-refractivity contribution >= 4 is 21.6 Å². The smallest absolute Gasteiger partial charge is 0.261 e. The number of rotatable bonds is 3. The molecule has 2 rings (SSSR count). The minimum Gasteiger partial charge on any atom is -0.436 e. The van der Waals surface area contributed by atoms with Gasteiger partial charge in [-0.2, -0.15) is 0 Å². The average molecular weight is 310 g/mol. The Morgan fingerprint density at radius 1 is 1.39 bits per heavy atom. The van der Waals surface area contributed by atoms with Gasteiger partial charge >= 0.3 is 0 Å². The Bertz CT molecular complexity index is 563. The molecule has 0 aliphatic heterocycles. The van der Waals surface area contributed by atoms with E-state index in [1.165, 1.54) is 0 Å². The van der Waals surface area contributed by atoms with Gasteiger partial charge in [0.2, 0.25) is 0 Å². The lowest BCUT2D eigenvalue weighted by atomic mass is 10.0. The second kappa shape index (κ2) is 5.02. The number of hydrogen-bond donors (Lipinski definition) is 1. The molecule has 0 radical (unpaired) electrons. The van der Waals surface area contributed by atoms with Gasteiger partial charge in [-0.25, -0.2) is 0 Å². The van der Waals surface area contributed by atoms with E-state index in [-0.39, 0.29) is 0 Å². The Kier molecular flexibility index (Phi) is 3.61. The third kappa shape index (κ3) is 2.67. The number of hydrogen-bond acceptors (Lipinski definition) is 3. The molecule has 96 valence electrons. The summed E-state index contributed by atoms with van der Waals surface area (Å²) >= 11 is 3.47. The monoisotopic (exact) mass is 309 g/mol. The molecule has 4 nitrogen and oxygen atoms in total. The van der Waals surface area contributed by atoms with Crippen molar-refractivity contribution in [1.82, 2.24) is 9.78 Å². The Labute approximate surface area is 115 Å². The van der Waals surface area contributed by atoms with Gasteiger partial charge in [-0.3, -0.25) is 4.68 Å². The summed E-state index contributed by atoms with van der Waals surface area (Å²) in [5.41, 5.74) is 7.48. The van der Waals surface area contributed by atoms with Crippen molar-refractivity contribution < 1.29 is 4.74 Å². The van der Waals surface area contributed by atoms with Crippen LogP contribution >= 0.6 is 15.9 Å². The maximum Gasteiger partial charge on any atom is 0.261 e. The molecule has 1 aromatic carbocycles. The third-order valence-corrected chi connectivity index (χ3v) is 3.12.